The predicted molar refractivity (Wildman–Crippen MR) is 129 cm³/mol. The number of nitrogens with zero attached hydrogens (tertiary/aromatic N) is 2. The van der Waals surface area contributed by atoms with E-state index in [0.29, 0.717) is 25.1 Å². The summed E-state index contributed by atoms with van der Waals surface area (Å²) in [4.78, 5) is 7.44. The number of guanidine groups is 1. The van der Waals surface area contributed by atoms with Gasteiger partial charge in [0.05, 0.1) is 33.0 Å². The summed E-state index contributed by atoms with van der Waals surface area (Å²) in [5.41, 5.74) is 2.30. The molecule has 2 saturated heterocycles. The molecule has 2 atom stereocenters. The third kappa shape index (κ3) is 7.94. The van der Waals surface area contributed by atoms with Crippen molar-refractivity contribution in [1.82, 2.24) is 15.5 Å². The van der Waals surface area contributed by atoms with E-state index in [1.165, 1.54) is 5.56 Å². The minimum absolute atomic E-state index is 0.135. The highest BCUT2D eigenvalue weighted by atomic mass is 16.5. The average Bonchev–Trinajstić information content (AvgIpc) is 3.29. The van der Waals surface area contributed by atoms with Crippen LogP contribution in [0.25, 0.3) is 0 Å². The molecule has 0 saturated carbocycles. The zero-order valence-corrected chi connectivity index (χ0v) is 20.4. The van der Waals surface area contributed by atoms with Gasteiger partial charge in [-0.05, 0) is 37.8 Å². The van der Waals surface area contributed by atoms with Crippen molar-refractivity contribution in [1.29, 1.82) is 0 Å². The van der Waals surface area contributed by atoms with Crippen molar-refractivity contribution in [3.63, 3.8) is 0 Å². The Morgan fingerprint density at radius 3 is 2.69 bits per heavy atom. The molecule has 2 aliphatic heterocycles. The van der Waals surface area contributed by atoms with Crippen molar-refractivity contribution >= 4 is 5.96 Å². The predicted octanol–water partition coefficient (Wildman–Crippen LogP) is 2.96. The van der Waals surface area contributed by atoms with Gasteiger partial charge in [0.15, 0.2) is 5.96 Å². The first-order valence-electron chi connectivity index (χ1n) is 12.2. The molecule has 2 N–H and O–H groups in total. The summed E-state index contributed by atoms with van der Waals surface area (Å²) in [6.07, 6.45) is 2.24. The Morgan fingerprint density at radius 1 is 1.19 bits per heavy atom. The lowest BCUT2D eigenvalue weighted by Crippen LogP contribution is -2.51. The van der Waals surface area contributed by atoms with Crippen LogP contribution in [0, 0.1) is 12.8 Å². The van der Waals surface area contributed by atoms with Crippen LogP contribution in [0.4, 0.5) is 0 Å². The van der Waals surface area contributed by atoms with Crippen molar-refractivity contribution in [2.24, 2.45) is 10.9 Å². The van der Waals surface area contributed by atoms with Crippen LogP contribution in [-0.2, 0) is 16.0 Å². The van der Waals surface area contributed by atoms with E-state index in [4.69, 9.17) is 19.2 Å². The fourth-order valence-electron chi connectivity index (χ4n) is 4.26. The van der Waals surface area contributed by atoms with Crippen LogP contribution in [-0.4, -0.2) is 75.6 Å². The molecule has 32 heavy (non-hydrogen) atoms. The standard InChI is InChI=1S/C25H42N4O3/c1-5-26-25(28-17-22(14-19(2)3)29-9-12-30-13-10-29)27-16-21-7-6-20(4)15-24(21)32-23-8-11-31-18-23/h6-7,15,19,22-23H,5,8-14,16-18H2,1-4H3,(H2,26,27,28). The normalized spacial score (nSPS) is 21.0. The molecule has 0 aliphatic carbocycles. The van der Waals surface area contributed by atoms with Gasteiger partial charge in [0.25, 0.3) is 0 Å². The van der Waals surface area contributed by atoms with E-state index in [1.54, 1.807) is 0 Å². The van der Waals surface area contributed by atoms with E-state index in [1.807, 2.05) is 0 Å². The molecular formula is C25H42N4O3. The Labute approximate surface area is 193 Å². The average molecular weight is 447 g/mol. The Bertz CT molecular complexity index is 713. The SMILES string of the molecule is CCNC(=NCc1ccc(C)cc1OC1CCOC1)NCC(CC(C)C)N1CCOCC1. The van der Waals surface area contributed by atoms with Gasteiger partial charge < -0.3 is 24.8 Å². The number of aryl methyl sites for hydroxylation is 1. The van der Waals surface area contributed by atoms with Crippen LogP contribution in [0.1, 0.15) is 44.7 Å². The topological polar surface area (TPSA) is 67.4 Å². The molecule has 0 amide bonds. The summed E-state index contributed by atoms with van der Waals surface area (Å²) in [6.45, 7) is 16.2. The molecule has 0 bridgehead atoms. The lowest BCUT2D eigenvalue weighted by atomic mass is 10.0. The van der Waals surface area contributed by atoms with Crippen LogP contribution < -0.4 is 15.4 Å². The number of hydrogen-bond acceptors (Lipinski definition) is 5. The number of morpholine rings is 1. The number of ether oxygens (including phenoxy) is 3. The number of aliphatic imine (C=N–C) groups is 1. The van der Waals surface area contributed by atoms with E-state index < -0.39 is 0 Å². The highest BCUT2D eigenvalue weighted by Gasteiger charge is 2.22. The zero-order valence-electron chi connectivity index (χ0n) is 20.4. The van der Waals surface area contributed by atoms with E-state index in [-0.39, 0.29) is 6.10 Å². The maximum absolute atomic E-state index is 6.25. The molecule has 1 aromatic carbocycles. The first-order chi connectivity index (χ1) is 15.5. The first-order valence-corrected chi connectivity index (χ1v) is 12.2. The lowest BCUT2D eigenvalue weighted by molar-refractivity contribution is 0.0132. The van der Waals surface area contributed by atoms with Gasteiger partial charge in [-0.3, -0.25) is 4.90 Å². The van der Waals surface area contributed by atoms with Crippen molar-refractivity contribution in [3.05, 3.63) is 29.3 Å². The molecule has 180 valence electrons. The molecule has 2 aliphatic rings. The third-order valence-corrected chi connectivity index (χ3v) is 5.97. The Morgan fingerprint density at radius 2 is 2.00 bits per heavy atom. The largest absolute Gasteiger partial charge is 0.488 e. The third-order valence-electron chi connectivity index (χ3n) is 5.97. The highest BCUT2D eigenvalue weighted by molar-refractivity contribution is 5.79. The number of rotatable bonds is 10. The Hall–Kier alpha value is -1.83. The van der Waals surface area contributed by atoms with Gasteiger partial charge in [-0.25, -0.2) is 4.99 Å². The second-order valence-electron chi connectivity index (χ2n) is 9.22. The van der Waals surface area contributed by atoms with Crippen molar-refractivity contribution in [2.75, 3.05) is 52.6 Å². The Balaban J connectivity index is 1.64. The van der Waals surface area contributed by atoms with Gasteiger partial charge in [0.1, 0.15) is 11.9 Å². The number of benzene rings is 1. The van der Waals surface area contributed by atoms with Crippen LogP contribution >= 0.6 is 0 Å². The molecule has 2 fully saturated rings. The summed E-state index contributed by atoms with van der Waals surface area (Å²) in [5.74, 6) is 2.42. The van der Waals surface area contributed by atoms with E-state index in [9.17, 15) is 0 Å². The molecule has 0 spiro atoms. The van der Waals surface area contributed by atoms with Crippen molar-refractivity contribution in [2.45, 2.75) is 59.2 Å². The number of nitrogens with one attached hydrogen (secondary N) is 2. The monoisotopic (exact) mass is 446 g/mol. The van der Waals surface area contributed by atoms with E-state index >= 15 is 0 Å². The quantitative estimate of drug-likeness (QED) is 0.426. The van der Waals surface area contributed by atoms with Crippen LogP contribution in [0.5, 0.6) is 5.75 Å². The minimum atomic E-state index is 0.135. The first kappa shape index (κ1) is 24.8. The highest BCUT2D eigenvalue weighted by Crippen LogP contribution is 2.24. The second kappa shape index (κ2) is 13.0. The van der Waals surface area contributed by atoms with E-state index in [2.05, 4.69) is 61.4 Å². The molecule has 2 unspecified atom stereocenters. The van der Waals surface area contributed by atoms with Gasteiger partial charge in [0, 0.05) is 44.2 Å². The maximum Gasteiger partial charge on any atom is 0.191 e. The van der Waals surface area contributed by atoms with Crippen LogP contribution in [0.3, 0.4) is 0 Å². The van der Waals surface area contributed by atoms with Gasteiger partial charge in [-0.2, -0.15) is 0 Å². The zero-order chi connectivity index (χ0) is 22.8. The molecular weight excluding hydrogens is 404 g/mol. The smallest absolute Gasteiger partial charge is 0.191 e. The summed E-state index contributed by atoms with van der Waals surface area (Å²) in [7, 11) is 0. The number of hydrogen-bond donors (Lipinski definition) is 2. The lowest BCUT2D eigenvalue weighted by Gasteiger charge is -2.35. The van der Waals surface area contributed by atoms with Crippen molar-refractivity contribution in [3.8, 4) is 5.75 Å². The van der Waals surface area contributed by atoms with Gasteiger partial charge in [-0.15, -0.1) is 0 Å². The maximum atomic E-state index is 6.25. The molecule has 0 aromatic heterocycles. The van der Waals surface area contributed by atoms with Crippen molar-refractivity contribution < 1.29 is 14.2 Å². The fraction of sp³-hybridized carbons (Fsp3) is 0.720. The molecule has 0 radical (unpaired) electrons. The fourth-order valence-corrected chi connectivity index (χ4v) is 4.26. The van der Waals surface area contributed by atoms with Gasteiger partial charge in [-0.1, -0.05) is 26.0 Å². The molecule has 7 heteroatoms. The van der Waals surface area contributed by atoms with Gasteiger partial charge in [0.2, 0.25) is 0 Å². The minimum Gasteiger partial charge on any atom is -0.488 e. The van der Waals surface area contributed by atoms with E-state index in [0.717, 1.165) is 76.1 Å². The summed E-state index contributed by atoms with van der Waals surface area (Å²) < 4.78 is 17.3. The molecule has 1 aromatic rings. The summed E-state index contributed by atoms with van der Waals surface area (Å²) >= 11 is 0. The summed E-state index contributed by atoms with van der Waals surface area (Å²) in [5, 5.41) is 7.00. The van der Waals surface area contributed by atoms with Gasteiger partial charge >= 0.3 is 0 Å². The molecule has 3 rings (SSSR count). The Kier molecular flexibility index (Phi) is 10.1. The van der Waals surface area contributed by atoms with Crippen LogP contribution in [0.15, 0.2) is 23.2 Å². The van der Waals surface area contributed by atoms with Crippen LogP contribution in [0.2, 0.25) is 0 Å². The summed E-state index contributed by atoms with van der Waals surface area (Å²) in [6, 6.07) is 6.84. The second-order valence-corrected chi connectivity index (χ2v) is 9.22. The molecule has 2 heterocycles. The molecule has 7 nitrogen and oxygen atoms in total.